The van der Waals surface area contributed by atoms with Crippen molar-refractivity contribution in [1.29, 1.82) is 0 Å². The third-order valence-corrected chi connectivity index (χ3v) is 9.76. The SMILES string of the molecule is CCCCCCCCCCCCCCCCCCCCCCCCCCC(=O)OC(COCCC(C(=O)O)[N+](C)(C)C)COC(=O)CCCC. The summed E-state index contributed by atoms with van der Waals surface area (Å²) in [6.45, 7) is 4.52. The van der Waals surface area contributed by atoms with E-state index in [2.05, 4.69) is 6.92 Å². The average Bonchev–Trinajstić information content (AvgIpc) is 3.07. The number of likely N-dealkylation sites (N-methyl/N-ethyl adjacent to an activating group) is 1. The van der Waals surface area contributed by atoms with Gasteiger partial charge < -0.3 is 23.8 Å². The second-order valence-corrected chi connectivity index (χ2v) is 15.6. The summed E-state index contributed by atoms with van der Waals surface area (Å²) in [5.41, 5.74) is 0. The topological polar surface area (TPSA) is 99.1 Å². The van der Waals surface area contributed by atoms with Gasteiger partial charge in [-0.05, 0) is 12.8 Å². The molecule has 1 N–H and O–H groups in total. The van der Waals surface area contributed by atoms with Crippen LogP contribution < -0.4 is 0 Å². The zero-order chi connectivity index (χ0) is 37.1. The van der Waals surface area contributed by atoms with Gasteiger partial charge in [-0.25, -0.2) is 4.79 Å². The number of rotatable bonds is 38. The zero-order valence-corrected chi connectivity index (χ0v) is 33.6. The Morgan fingerprint density at radius 2 is 0.900 bits per heavy atom. The van der Waals surface area contributed by atoms with Crippen LogP contribution in [0.15, 0.2) is 0 Å². The fraction of sp³-hybridized carbons (Fsp3) is 0.929. The lowest BCUT2D eigenvalue weighted by Crippen LogP contribution is -2.50. The summed E-state index contributed by atoms with van der Waals surface area (Å²) < 4.78 is 16.9. The van der Waals surface area contributed by atoms with E-state index in [1.807, 2.05) is 28.1 Å². The molecular weight excluding hydrogens is 630 g/mol. The highest BCUT2D eigenvalue weighted by Crippen LogP contribution is 2.16. The van der Waals surface area contributed by atoms with Crippen LogP contribution in [0.1, 0.15) is 200 Å². The van der Waals surface area contributed by atoms with Crippen LogP contribution in [0.5, 0.6) is 0 Å². The highest BCUT2D eigenvalue weighted by Gasteiger charge is 2.31. The molecule has 0 amide bonds. The molecule has 8 nitrogen and oxygen atoms in total. The van der Waals surface area contributed by atoms with E-state index in [-0.39, 0.29) is 36.2 Å². The number of esters is 2. The predicted molar refractivity (Wildman–Crippen MR) is 206 cm³/mol. The normalized spacial score (nSPS) is 12.9. The Morgan fingerprint density at radius 1 is 0.520 bits per heavy atom. The highest BCUT2D eigenvalue weighted by atomic mass is 16.6. The van der Waals surface area contributed by atoms with Gasteiger partial charge in [0, 0.05) is 19.3 Å². The standard InChI is InChI=1S/C42H81NO7/c1-6-8-10-11-12-13-14-15-16-17-18-19-20-21-22-23-24-25-26-27-28-29-30-31-33-41(45)50-38(37-49-40(44)32-9-7-2)36-48-35-34-39(42(46)47)43(3,4)5/h38-39H,6-37H2,1-5H3/p+1. The Kier molecular flexibility index (Phi) is 33.3. The summed E-state index contributed by atoms with van der Waals surface area (Å²) in [6, 6.07) is -0.605. The van der Waals surface area contributed by atoms with Crippen molar-refractivity contribution in [2.24, 2.45) is 0 Å². The molecule has 296 valence electrons. The lowest BCUT2D eigenvalue weighted by molar-refractivity contribution is -0.887. The summed E-state index contributed by atoms with van der Waals surface area (Å²) in [4.78, 5) is 36.2. The molecule has 0 radical (unpaired) electrons. The number of nitrogens with zero attached hydrogens (tertiary/aromatic N) is 1. The van der Waals surface area contributed by atoms with Gasteiger partial charge in [0.05, 0.1) is 34.4 Å². The smallest absolute Gasteiger partial charge is 0.362 e. The molecule has 0 fully saturated rings. The van der Waals surface area contributed by atoms with Crippen molar-refractivity contribution >= 4 is 17.9 Å². The number of aliphatic carboxylic acids is 1. The van der Waals surface area contributed by atoms with Gasteiger partial charge in [0.25, 0.3) is 0 Å². The van der Waals surface area contributed by atoms with Gasteiger partial charge >= 0.3 is 17.9 Å². The third-order valence-electron chi connectivity index (χ3n) is 9.76. The lowest BCUT2D eigenvalue weighted by atomic mass is 10.0. The molecule has 2 unspecified atom stereocenters. The molecule has 0 aliphatic heterocycles. The van der Waals surface area contributed by atoms with Crippen LogP contribution in [0, 0.1) is 0 Å². The Morgan fingerprint density at radius 3 is 1.28 bits per heavy atom. The van der Waals surface area contributed by atoms with E-state index in [1.165, 1.54) is 135 Å². The number of quaternary nitrogens is 1. The molecule has 0 aliphatic carbocycles. The largest absolute Gasteiger partial charge is 0.477 e. The number of unbranched alkanes of at least 4 members (excludes halogenated alkanes) is 24. The summed E-state index contributed by atoms with van der Waals surface area (Å²) >= 11 is 0. The van der Waals surface area contributed by atoms with Crippen LogP contribution >= 0.6 is 0 Å². The molecule has 0 aliphatic rings. The van der Waals surface area contributed by atoms with Gasteiger partial charge in [-0.1, -0.05) is 168 Å². The first kappa shape index (κ1) is 48.3. The molecule has 0 saturated carbocycles. The van der Waals surface area contributed by atoms with Crippen molar-refractivity contribution in [3.8, 4) is 0 Å². The van der Waals surface area contributed by atoms with Crippen molar-refractivity contribution in [2.45, 2.75) is 212 Å². The molecule has 50 heavy (non-hydrogen) atoms. The van der Waals surface area contributed by atoms with Crippen LogP contribution in [-0.2, 0) is 28.6 Å². The molecule has 0 saturated heterocycles. The van der Waals surface area contributed by atoms with Crippen molar-refractivity contribution < 1.29 is 38.2 Å². The fourth-order valence-corrected chi connectivity index (χ4v) is 6.42. The van der Waals surface area contributed by atoms with E-state index in [0.29, 0.717) is 19.3 Å². The minimum atomic E-state index is -0.875. The second-order valence-electron chi connectivity index (χ2n) is 15.6. The monoisotopic (exact) mass is 713 g/mol. The van der Waals surface area contributed by atoms with Crippen LogP contribution in [-0.4, -0.2) is 80.6 Å². The lowest BCUT2D eigenvalue weighted by Gasteiger charge is -2.31. The first-order chi connectivity index (χ1) is 24.1. The van der Waals surface area contributed by atoms with Crippen molar-refractivity contribution in [2.75, 3.05) is 41.0 Å². The van der Waals surface area contributed by atoms with Crippen molar-refractivity contribution in [3.05, 3.63) is 0 Å². The van der Waals surface area contributed by atoms with E-state index in [9.17, 15) is 19.5 Å². The zero-order valence-electron chi connectivity index (χ0n) is 33.6. The molecule has 8 heteroatoms. The van der Waals surface area contributed by atoms with E-state index in [0.717, 1.165) is 32.1 Å². The minimum absolute atomic E-state index is 0.0502. The van der Waals surface area contributed by atoms with Crippen LogP contribution in [0.25, 0.3) is 0 Å². The molecular formula is C42H82NO7+. The molecule has 0 heterocycles. The number of carboxylic acids is 1. The van der Waals surface area contributed by atoms with E-state index in [1.54, 1.807) is 0 Å². The van der Waals surface area contributed by atoms with Gasteiger partial charge in [-0.2, -0.15) is 0 Å². The first-order valence-electron chi connectivity index (χ1n) is 21.1. The van der Waals surface area contributed by atoms with Crippen molar-refractivity contribution in [1.82, 2.24) is 0 Å². The van der Waals surface area contributed by atoms with Crippen LogP contribution in [0.2, 0.25) is 0 Å². The first-order valence-corrected chi connectivity index (χ1v) is 21.1. The maximum Gasteiger partial charge on any atom is 0.362 e. The third kappa shape index (κ3) is 32.3. The molecule has 0 aromatic rings. The Balaban J connectivity index is 3.86. The van der Waals surface area contributed by atoms with Crippen molar-refractivity contribution in [3.63, 3.8) is 0 Å². The van der Waals surface area contributed by atoms with Gasteiger partial charge in [0.1, 0.15) is 6.61 Å². The van der Waals surface area contributed by atoms with E-state index >= 15 is 0 Å². The molecule has 0 spiro atoms. The predicted octanol–water partition coefficient (Wildman–Crippen LogP) is 11.0. The number of hydrogen-bond donors (Lipinski definition) is 1. The summed E-state index contributed by atoms with van der Waals surface area (Å²) in [6.07, 6.45) is 34.1. The molecule has 0 aromatic carbocycles. The Bertz CT molecular complexity index is 797. The Labute approximate surface area is 308 Å². The number of hydrogen-bond acceptors (Lipinski definition) is 6. The van der Waals surface area contributed by atoms with Gasteiger partial charge in [-0.3, -0.25) is 9.59 Å². The summed E-state index contributed by atoms with van der Waals surface area (Å²) in [7, 11) is 5.51. The van der Waals surface area contributed by atoms with Gasteiger partial charge in [-0.15, -0.1) is 0 Å². The number of ether oxygens (including phenoxy) is 3. The van der Waals surface area contributed by atoms with Gasteiger partial charge in [0.15, 0.2) is 12.1 Å². The molecule has 2 atom stereocenters. The van der Waals surface area contributed by atoms with Crippen LogP contribution in [0.3, 0.4) is 0 Å². The van der Waals surface area contributed by atoms with Crippen LogP contribution in [0.4, 0.5) is 0 Å². The summed E-state index contributed by atoms with van der Waals surface area (Å²) in [5.74, 6) is -1.50. The average molecular weight is 713 g/mol. The quantitative estimate of drug-likeness (QED) is 0.0386. The van der Waals surface area contributed by atoms with E-state index in [4.69, 9.17) is 14.2 Å². The highest BCUT2D eigenvalue weighted by molar-refractivity contribution is 5.72. The number of carbonyl (C=O) groups excluding carboxylic acids is 2. The summed E-state index contributed by atoms with van der Waals surface area (Å²) in [5, 5.41) is 9.53. The fourth-order valence-electron chi connectivity index (χ4n) is 6.42. The van der Waals surface area contributed by atoms with Gasteiger partial charge in [0.2, 0.25) is 0 Å². The Hall–Kier alpha value is -1.67. The number of carboxylic acid groups (broad SMARTS) is 1. The maximum atomic E-state index is 12.6. The molecule has 0 rings (SSSR count). The molecule has 0 bridgehead atoms. The second kappa shape index (κ2) is 34.4. The molecule has 0 aromatic heterocycles. The minimum Gasteiger partial charge on any atom is -0.477 e. The number of carbonyl (C=O) groups is 3. The maximum absolute atomic E-state index is 12.6. The van der Waals surface area contributed by atoms with E-state index < -0.39 is 18.1 Å².